The number of aromatic amines is 1. The molecular formula is C12H21N5. The van der Waals surface area contributed by atoms with Gasteiger partial charge in [0.05, 0.1) is 0 Å². The number of hydrogen-bond acceptors (Lipinski definition) is 4. The molecule has 1 atom stereocenters. The van der Waals surface area contributed by atoms with Crippen LogP contribution in [0.3, 0.4) is 0 Å². The molecule has 94 valence electrons. The average Bonchev–Trinajstić information content (AvgIpc) is 3.00. The molecule has 3 rings (SSSR count). The quantitative estimate of drug-likeness (QED) is 0.810. The lowest BCUT2D eigenvalue weighted by Gasteiger charge is -2.30. The van der Waals surface area contributed by atoms with Gasteiger partial charge in [-0.25, -0.2) is 0 Å². The Kier molecular flexibility index (Phi) is 3.01. The summed E-state index contributed by atoms with van der Waals surface area (Å²) in [7, 11) is 0. The van der Waals surface area contributed by atoms with Crippen LogP contribution in [0.15, 0.2) is 0 Å². The number of piperazine rings is 1. The van der Waals surface area contributed by atoms with Crippen molar-refractivity contribution in [1.82, 2.24) is 20.5 Å². The first-order chi connectivity index (χ1) is 8.33. The highest BCUT2D eigenvalue weighted by Crippen LogP contribution is 2.32. The van der Waals surface area contributed by atoms with Crippen LogP contribution in [0.5, 0.6) is 0 Å². The molecule has 2 fully saturated rings. The van der Waals surface area contributed by atoms with E-state index >= 15 is 0 Å². The van der Waals surface area contributed by atoms with Crippen LogP contribution < -0.4 is 10.2 Å². The summed E-state index contributed by atoms with van der Waals surface area (Å²) in [6.07, 6.45) is 5.22. The zero-order valence-corrected chi connectivity index (χ0v) is 10.4. The van der Waals surface area contributed by atoms with E-state index in [2.05, 4.69) is 32.3 Å². The standard InChI is InChI=1S/C12H21N5/c1-9-8-17(7-6-13-9)12-14-11(15-16-12)10-4-2-3-5-10/h9-10,13H,2-8H2,1H3,(H,14,15,16)/t9-/m0/s1. The summed E-state index contributed by atoms with van der Waals surface area (Å²) in [6.45, 7) is 5.24. The maximum Gasteiger partial charge on any atom is 0.244 e. The molecule has 2 heterocycles. The predicted octanol–water partition coefficient (Wildman–Crippen LogP) is 1.26. The van der Waals surface area contributed by atoms with E-state index in [-0.39, 0.29) is 0 Å². The van der Waals surface area contributed by atoms with Crippen molar-refractivity contribution >= 4 is 5.95 Å². The molecular weight excluding hydrogens is 214 g/mol. The fraction of sp³-hybridized carbons (Fsp3) is 0.833. The lowest BCUT2D eigenvalue weighted by molar-refractivity contribution is 0.479. The molecule has 0 radical (unpaired) electrons. The van der Waals surface area contributed by atoms with Gasteiger partial charge in [0.2, 0.25) is 5.95 Å². The molecule has 2 aliphatic rings. The van der Waals surface area contributed by atoms with Crippen LogP contribution in [-0.4, -0.2) is 40.9 Å². The van der Waals surface area contributed by atoms with Crippen molar-refractivity contribution in [2.24, 2.45) is 0 Å². The maximum atomic E-state index is 4.68. The van der Waals surface area contributed by atoms with Crippen LogP contribution in [0.25, 0.3) is 0 Å². The highest BCUT2D eigenvalue weighted by molar-refractivity contribution is 5.30. The van der Waals surface area contributed by atoms with E-state index < -0.39 is 0 Å². The van der Waals surface area contributed by atoms with Gasteiger partial charge in [-0.15, -0.1) is 5.10 Å². The molecule has 0 amide bonds. The highest BCUT2D eigenvalue weighted by atomic mass is 15.4. The van der Waals surface area contributed by atoms with E-state index in [0.29, 0.717) is 12.0 Å². The van der Waals surface area contributed by atoms with Crippen LogP contribution in [0.2, 0.25) is 0 Å². The molecule has 5 nitrogen and oxygen atoms in total. The Bertz CT molecular complexity index is 369. The molecule has 0 spiro atoms. The van der Waals surface area contributed by atoms with E-state index in [0.717, 1.165) is 31.4 Å². The maximum absolute atomic E-state index is 4.68. The van der Waals surface area contributed by atoms with Gasteiger partial charge < -0.3 is 10.2 Å². The molecule has 17 heavy (non-hydrogen) atoms. The fourth-order valence-corrected chi connectivity index (χ4v) is 2.90. The van der Waals surface area contributed by atoms with Crippen molar-refractivity contribution in [3.8, 4) is 0 Å². The number of nitrogens with one attached hydrogen (secondary N) is 2. The number of anilines is 1. The lowest BCUT2D eigenvalue weighted by Crippen LogP contribution is -2.49. The van der Waals surface area contributed by atoms with Crippen LogP contribution in [0.4, 0.5) is 5.95 Å². The summed E-state index contributed by atoms with van der Waals surface area (Å²) in [5, 5.41) is 11.0. The normalized spacial score (nSPS) is 26.6. The first-order valence-electron chi connectivity index (χ1n) is 6.73. The van der Waals surface area contributed by atoms with Crippen LogP contribution >= 0.6 is 0 Å². The van der Waals surface area contributed by atoms with Gasteiger partial charge in [0, 0.05) is 31.6 Å². The summed E-state index contributed by atoms with van der Waals surface area (Å²) >= 11 is 0. The van der Waals surface area contributed by atoms with Crippen LogP contribution in [0.1, 0.15) is 44.3 Å². The Morgan fingerprint density at radius 1 is 1.29 bits per heavy atom. The molecule has 1 aliphatic carbocycles. The lowest BCUT2D eigenvalue weighted by atomic mass is 10.1. The SMILES string of the molecule is C[C@H]1CN(c2n[nH]c(C3CCCC3)n2)CCN1. The van der Waals surface area contributed by atoms with E-state index in [9.17, 15) is 0 Å². The van der Waals surface area contributed by atoms with Crippen molar-refractivity contribution in [3.63, 3.8) is 0 Å². The Balaban J connectivity index is 1.70. The molecule has 2 N–H and O–H groups in total. The van der Waals surface area contributed by atoms with Gasteiger partial charge in [0.1, 0.15) is 5.82 Å². The van der Waals surface area contributed by atoms with Crippen molar-refractivity contribution in [2.45, 2.75) is 44.6 Å². The second kappa shape index (κ2) is 4.64. The zero-order valence-electron chi connectivity index (χ0n) is 10.4. The molecule has 5 heteroatoms. The van der Waals surface area contributed by atoms with Crippen LogP contribution in [-0.2, 0) is 0 Å². The van der Waals surface area contributed by atoms with Gasteiger partial charge in [0.25, 0.3) is 0 Å². The van der Waals surface area contributed by atoms with Crippen LogP contribution in [0, 0.1) is 0 Å². The molecule has 0 unspecified atom stereocenters. The van der Waals surface area contributed by atoms with Crippen molar-refractivity contribution in [3.05, 3.63) is 5.82 Å². The summed E-state index contributed by atoms with van der Waals surface area (Å²) in [6, 6.07) is 0.525. The average molecular weight is 235 g/mol. The fourth-order valence-electron chi connectivity index (χ4n) is 2.90. The number of aromatic nitrogens is 3. The monoisotopic (exact) mass is 235 g/mol. The molecule has 1 saturated heterocycles. The number of rotatable bonds is 2. The number of hydrogen-bond donors (Lipinski definition) is 2. The Morgan fingerprint density at radius 2 is 2.12 bits per heavy atom. The Morgan fingerprint density at radius 3 is 2.88 bits per heavy atom. The molecule has 1 aromatic heterocycles. The van der Waals surface area contributed by atoms with E-state index in [1.54, 1.807) is 0 Å². The smallest absolute Gasteiger partial charge is 0.244 e. The van der Waals surface area contributed by atoms with Gasteiger partial charge >= 0.3 is 0 Å². The molecule has 0 bridgehead atoms. The van der Waals surface area contributed by atoms with E-state index in [1.165, 1.54) is 25.7 Å². The number of nitrogens with zero attached hydrogens (tertiary/aromatic N) is 3. The minimum atomic E-state index is 0.525. The summed E-state index contributed by atoms with van der Waals surface area (Å²) in [4.78, 5) is 6.96. The van der Waals surface area contributed by atoms with Gasteiger partial charge in [-0.05, 0) is 19.8 Å². The number of H-pyrrole nitrogens is 1. The molecule has 0 aromatic carbocycles. The van der Waals surface area contributed by atoms with Gasteiger partial charge in [0.15, 0.2) is 0 Å². The van der Waals surface area contributed by atoms with Crippen molar-refractivity contribution in [1.29, 1.82) is 0 Å². The minimum Gasteiger partial charge on any atom is -0.337 e. The molecule has 1 saturated carbocycles. The highest BCUT2D eigenvalue weighted by Gasteiger charge is 2.23. The first-order valence-corrected chi connectivity index (χ1v) is 6.73. The minimum absolute atomic E-state index is 0.525. The molecule has 1 aliphatic heterocycles. The first kappa shape index (κ1) is 11.0. The van der Waals surface area contributed by atoms with E-state index in [1.807, 2.05) is 0 Å². The summed E-state index contributed by atoms with van der Waals surface area (Å²) in [5.74, 6) is 2.61. The molecule has 1 aromatic rings. The van der Waals surface area contributed by atoms with Gasteiger partial charge in [-0.3, -0.25) is 5.10 Å². The summed E-state index contributed by atoms with van der Waals surface area (Å²) < 4.78 is 0. The van der Waals surface area contributed by atoms with Crippen molar-refractivity contribution < 1.29 is 0 Å². The van der Waals surface area contributed by atoms with Crippen molar-refractivity contribution in [2.75, 3.05) is 24.5 Å². The Labute approximate surface area is 102 Å². The van der Waals surface area contributed by atoms with Gasteiger partial charge in [-0.2, -0.15) is 4.98 Å². The predicted molar refractivity (Wildman–Crippen MR) is 67.3 cm³/mol. The Hall–Kier alpha value is -1.10. The van der Waals surface area contributed by atoms with E-state index in [4.69, 9.17) is 0 Å². The third-order valence-corrected chi connectivity index (χ3v) is 3.88. The second-order valence-electron chi connectivity index (χ2n) is 5.30. The largest absolute Gasteiger partial charge is 0.337 e. The third kappa shape index (κ3) is 2.29. The third-order valence-electron chi connectivity index (χ3n) is 3.88. The second-order valence-corrected chi connectivity index (χ2v) is 5.30. The zero-order chi connectivity index (χ0) is 11.7. The summed E-state index contributed by atoms with van der Waals surface area (Å²) in [5.41, 5.74) is 0. The topological polar surface area (TPSA) is 56.8 Å². The van der Waals surface area contributed by atoms with Gasteiger partial charge in [-0.1, -0.05) is 12.8 Å².